The van der Waals surface area contributed by atoms with E-state index in [-0.39, 0.29) is 5.56 Å². The molecule has 20 heavy (non-hydrogen) atoms. The van der Waals surface area contributed by atoms with Crippen molar-refractivity contribution in [2.45, 2.75) is 10.6 Å². The summed E-state index contributed by atoms with van der Waals surface area (Å²) in [5, 5.41) is 8.71. The van der Waals surface area contributed by atoms with Gasteiger partial charge in [-0.05, 0) is 29.8 Å². The van der Waals surface area contributed by atoms with E-state index in [4.69, 9.17) is 5.11 Å². The number of carboxylic acid groups (broad SMARTS) is 1. The summed E-state index contributed by atoms with van der Waals surface area (Å²) in [6.45, 7) is 0. The van der Waals surface area contributed by atoms with Gasteiger partial charge in [0.15, 0.2) is 9.84 Å². The second-order valence-electron chi connectivity index (χ2n) is 4.07. The molecule has 1 aromatic heterocycles. The highest BCUT2D eigenvalue weighted by Gasteiger charge is 2.21. The molecule has 0 spiro atoms. The zero-order valence-corrected chi connectivity index (χ0v) is 11.0. The number of sulfone groups is 1. The smallest absolute Gasteiger partial charge is 0.335 e. The van der Waals surface area contributed by atoms with Gasteiger partial charge >= 0.3 is 5.97 Å². The normalized spacial score (nSPS) is 11.2. The molecule has 1 N–H and O–H groups in total. The van der Waals surface area contributed by atoms with Crippen LogP contribution in [0, 0.1) is 5.82 Å². The Morgan fingerprint density at radius 3 is 2.60 bits per heavy atom. The molecule has 0 saturated heterocycles. The Kier molecular flexibility index (Phi) is 3.80. The lowest BCUT2D eigenvalue weighted by Gasteiger charge is -2.06. The first-order valence-corrected chi connectivity index (χ1v) is 7.20. The number of rotatable bonds is 4. The number of carboxylic acids is 1. The van der Waals surface area contributed by atoms with Crippen molar-refractivity contribution in [3.63, 3.8) is 0 Å². The number of nitrogens with zero attached hydrogens (tertiary/aromatic N) is 1. The summed E-state index contributed by atoms with van der Waals surface area (Å²) in [5.74, 6) is -2.79. The van der Waals surface area contributed by atoms with E-state index in [1.54, 1.807) is 12.1 Å². The van der Waals surface area contributed by atoms with Crippen LogP contribution in [-0.4, -0.2) is 24.5 Å². The number of halogens is 1. The molecule has 0 fully saturated rings. The second-order valence-corrected chi connectivity index (χ2v) is 6.03. The van der Waals surface area contributed by atoms with Gasteiger partial charge in [0, 0.05) is 12.4 Å². The zero-order chi connectivity index (χ0) is 14.8. The second kappa shape index (κ2) is 5.38. The third-order valence-electron chi connectivity index (χ3n) is 2.59. The van der Waals surface area contributed by atoms with E-state index in [9.17, 15) is 17.6 Å². The number of aromatic carboxylic acids is 1. The maximum atomic E-state index is 13.8. The number of aromatic nitrogens is 1. The molecule has 2 aromatic rings. The largest absolute Gasteiger partial charge is 0.478 e. The summed E-state index contributed by atoms with van der Waals surface area (Å²) >= 11 is 0. The van der Waals surface area contributed by atoms with Crippen LogP contribution < -0.4 is 0 Å². The van der Waals surface area contributed by atoms with E-state index >= 15 is 0 Å². The fourth-order valence-electron chi connectivity index (χ4n) is 1.67. The van der Waals surface area contributed by atoms with Crippen molar-refractivity contribution in [2.75, 3.05) is 0 Å². The highest BCUT2D eigenvalue weighted by Crippen LogP contribution is 2.20. The monoisotopic (exact) mass is 295 g/mol. The number of carbonyl (C=O) groups is 1. The van der Waals surface area contributed by atoms with Crippen molar-refractivity contribution >= 4 is 15.8 Å². The average molecular weight is 295 g/mol. The minimum Gasteiger partial charge on any atom is -0.478 e. The Bertz CT molecular complexity index is 744. The summed E-state index contributed by atoms with van der Waals surface area (Å²) in [5.41, 5.74) is 0.122. The van der Waals surface area contributed by atoms with Crippen LogP contribution in [0.1, 0.15) is 15.9 Å². The number of hydrogen-bond donors (Lipinski definition) is 1. The summed E-state index contributed by atoms with van der Waals surface area (Å²) in [4.78, 5) is 13.9. The van der Waals surface area contributed by atoms with Crippen molar-refractivity contribution < 1.29 is 22.7 Å². The van der Waals surface area contributed by atoms with Gasteiger partial charge in [-0.1, -0.05) is 6.07 Å². The van der Waals surface area contributed by atoms with Gasteiger partial charge in [-0.3, -0.25) is 4.98 Å². The summed E-state index contributed by atoms with van der Waals surface area (Å²) in [6.07, 6.45) is 2.87. The van der Waals surface area contributed by atoms with E-state index in [0.717, 1.165) is 12.1 Å². The molecule has 0 unspecified atom stereocenters. The van der Waals surface area contributed by atoms with Gasteiger partial charge in [0.1, 0.15) is 10.7 Å². The third kappa shape index (κ3) is 3.00. The highest BCUT2D eigenvalue weighted by atomic mass is 32.2. The van der Waals surface area contributed by atoms with Gasteiger partial charge in [0.2, 0.25) is 0 Å². The molecule has 0 aliphatic rings. The molecule has 7 heteroatoms. The number of pyridine rings is 1. The lowest BCUT2D eigenvalue weighted by Crippen LogP contribution is -2.09. The van der Waals surface area contributed by atoms with E-state index in [0.29, 0.717) is 11.6 Å². The Morgan fingerprint density at radius 1 is 1.30 bits per heavy atom. The Labute approximate surface area is 114 Å². The predicted molar refractivity (Wildman–Crippen MR) is 68.5 cm³/mol. The van der Waals surface area contributed by atoms with Crippen molar-refractivity contribution in [3.8, 4) is 0 Å². The molecule has 1 aromatic carbocycles. The summed E-state index contributed by atoms with van der Waals surface area (Å²) in [7, 11) is -3.89. The molecule has 1 heterocycles. The van der Waals surface area contributed by atoms with Gasteiger partial charge in [0.25, 0.3) is 0 Å². The molecule has 0 bridgehead atoms. The maximum Gasteiger partial charge on any atom is 0.335 e. The molecule has 0 saturated carbocycles. The number of hydrogen-bond acceptors (Lipinski definition) is 4. The molecule has 0 aliphatic carbocycles. The average Bonchev–Trinajstić information content (AvgIpc) is 2.38. The lowest BCUT2D eigenvalue weighted by molar-refractivity contribution is 0.0696. The van der Waals surface area contributed by atoms with Crippen LogP contribution in [0.15, 0.2) is 47.6 Å². The quantitative estimate of drug-likeness (QED) is 0.931. The van der Waals surface area contributed by atoms with Crippen molar-refractivity contribution in [3.05, 3.63) is 59.7 Å². The van der Waals surface area contributed by atoms with Crippen molar-refractivity contribution in [2.24, 2.45) is 0 Å². The molecule has 2 rings (SSSR count). The standard InChI is InChI=1S/C13H10FNO4S/c14-11-6-10(13(16)17)3-4-12(11)20(18,19)8-9-2-1-5-15-7-9/h1-7H,8H2,(H,16,17). The van der Waals surface area contributed by atoms with E-state index in [2.05, 4.69) is 4.98 Å². The van der Waals surface area contributed by atoms with Crippen LogP contribution in [-0.2, 0) is 15.6 Å². The molecule has 0 aliphatic heterocycles. The van der Waals surface area contributed by atoms with Gasteiger partial charge < -0.3 is 5.11 Å². The first-order valence-electron chi connectivity index (χ1n) is 5.54. The van der Waals surface area contributed by atoms with Crippen LogP contribution in [0.4, 0.5) is 4.39 Å². The van der Waals surface area contributed by atoms with E-state index in [1.807, 2.05) is 0 Å². The highest BCUT2D eigenvalue weighted by molar-refractivity contribution is 7.90. The molecule has 0 amide bonds. The third-order valence-corrected chi connectivity index (χ3v) is 4.31. The Morgan fingerprint density at radius 2 is 2.05 bits per heavy atom. The fourth-order valence-corrected chi connectivity index (χ4v) is 3.06. The molecule has 0 radical (unpaired) electrons. The summed E-state index contributed by atoms with van der Waals surface area (Å²) in [6, 6.07) is 5.85. The lowest BCUT2D eigenvalue weighted by atomic mass is 10.2. The van der Waals surface area contributed by atoms with Crippen LogP contribution in [0.3, 0.4) is 0 Å². The van der Waals surface area contributed by atoms with Crippen LogP contribution in [0.5, 0.6) is 0 Å². The van der Waals surface area contributed by atoms with Crippen LogP contribution in [0.25, 0.3) is 0 Å². The van der Waals surface area contributed by atoms with Crippen LogP contribution in [0.2, 0.25) is 0 Å². The first-order chi connectivity index (χ1) is 9.40. The minimum atomic E-state index is -3.89. The number of benzene rings is 1. The minimum absolute atomic E-state index is 0.303. The molecular weight excluding hydrogens is 285 g/mol. The SMILES string of the molecule is O=C(O)c1ccc(S(=O)(=O)Cc2cccnc2)c(F)c1. The maximum absolute atomic E-state index is 13.8. The molecule has 104 valence electrons. The van der Waals surface area contributed by atoms with Crippen molar-refractivity contribution in [1.82, 2.24) is 4.98 Å². The summed E-state index contributed by atoms with van der Waals surface area (Å²) < 4.78 is 37.9. The topological polar surface area (TPSA) is 84.3 Å². The Hall–Kier alpha value is -2.28. The van der Waals surface area contributed by atoms with Crippen LogP contribution >= 0.6 is 0 Å². The first kappa shape index (κ1) is 14.1. The predicted octanol–water partition coefficient (Wildman–Crippen LogP) is 1.89. The van der Waals surface area contributed by atoms with Gasteiger partial charge in [-0.2, -0.15) is 0 Å². The molecule has 0 atom stereocenters. The van der Waals surface area contributed by atoms with Gasteiger partial charge in [0.05, 0.1) is 11.3 Å². The molecule has 5 nitrogen and oxygen atoms in total. The fraction of sp³-hybridized carbons (Fsp3) is 0.0769. The van der Waals surface area contributed by atoms with Gasteiger partial charge in [-0.25, -0.2) is 17.6 Å². The Balaban J connectivity index is 2.37. The zero-order valence-electron chi connectivity index (χ0n) is 10.2. The van der Waals surface area contributed by atoms with Gasteiger partial charge in [-0.15, -0.1) is 0 Å². The van der Waals surface area contributed by atoms with E-state index < -0.39 is 32.3 Å². The molecular formula is C13H10FNO4S. The van der Waals surface area contributed by atoms with E-state index in [1.165, 1.54) is 12.4 Å². The van der Waals surface area contributed by atoms with Crippen molar-refractivity contribution in [1.29, 1.82) is 0 Å².